The second kappa shape index (κ2) is 8.68. The molecule has 1 atom stereocenters. The van der Waals surface area contributed by atoms with Crippen LogP contribution in [0.5, 0.6) is 0 Å². The van der Waals surface area contributed by atoms with Gasteiger partial charge >= 0.3 is 5.97 Å². The van der Waals surface area contributed by atoms with Gasteiger partial charge in [-0.2, -0.15) is 0 Å². The molecule has 9 heteroatoms. The van der Waals surface area contributed by atoms with Gasteiger partial charge in [0.05, 0.1) is 22.6 Å². The highest BCUT2D eigenvalue weighted by molar-refractivity contribution is 8.00. The number of hydrogen-bond acceptors (Lipinski definition) is 7. The van der Waals surface area contributed by atoms with Gasteiger partial charge in [-0.3, -0.25) is 4.79 Å². The number of esters is 1. The molecule has 0 bridgehead atoms. The predicted octanol–water partition coefficient (Wildman–Crippen LogP) is 3.01. The molecule has 0 aliphatic heterocycles. The SMILES string of the molecule is CCOC(=O)c1cnc(SC(C)C(=O)Nc2ccccc2Cl)nc1N. The molecule has 0 aliphatic carbocycles. The summed E-state index contributed by atoms with van der Waals surface area (Å²) in [5.74, 6) is -0.828. The minimum absolute atomic E-state index is 0.00895. The monoisotopic (exact) mass is 380 g/mol. The third-order valence-electron chi connectivity index (χ3n) is 3.07. The van der Waals surface area contributed by atoms with Gasteiger partial charge in [0, 0.05) is 6.20 Å². The number of nitrogens with zero attached hydrogens (tertiary/aromatic N) is 2. The minimum atomic E-state index is -0.582. The number of nitrogen functional groups attached to an aromatic ring is 1. The maximum atomic E-state index is 12.3. The summed E-state index contributed by atoms with van der Waals surface area (Å²) in [7, 11) is 0. The number of nitrogens with two attached hydrogens (primary N) is 1. The number of carbonyl (C=O) groups excluding carboxylic acids is 2. The molecule has 0 saturated heterocycles. The van der Waals surface area contributed by atoms with E-state index in [-0.39, 0.29) is 29.1 Å². The summed E-state index contributed by atoms with van der Waals surface area (Å²) in [6.45, 7) is 3.63. The van der Waals surface area contributed by atoms with Gasteiger partial charge in [0.1, 0.15) is 11.4 Å². The van der Waals surface area contributed by atoms with Gasteiger partial charge < -0.3 is 15.8 Å². The Bertz CT molecular complexity index is 788. The van der Waals surface area contributed by atoms with Gasteiger partial charge in [-0.1, -0.05) is 35.5 Å². The number of benzene rings is 1. The van der Waals surface area contributed by atoms with E-state index in [0.29, 0.717) is 10.7 Å². The molecule has 0 fully saturated rings. The summed E-state index contributed by atoms with van der Waals surface area (Å²) >= 11 is 7.14. The smallest absolute Gasteiger partial charge is 0.343 e. The Morgan fingerprint density at radius 2 is 2.12 bits per heavy atom. The first-order valence-electron chi connectivity index (χ1n) is 7.44. The van der Waals surface area contributed by atoms with Crippen LogP contribution in [-0.2, 0) is 9.53 Å². The van der Waals surface area contributed by atoms with Crippen LogP contribution in [0.3, 0.4) is 0 Å². The van der Waals surface area contributed by atoms with Crippen molar-refractivity contribution >= 4 is 46.7 Å². The van der Waals surface area contributed by atoms with E-state index in [1.54, 1.807) is 38.1 Å². The van der Waals surface area contributed by atoms with Crippen molar-refractivity contribution in [1.82, 2.24) is 9.97 Å². The van der Waals surface area contributed by atoms with Gasteiger partial charge in [-0.25, -0.2) is 14.8 Å². The highest BCUT2D eigenvalue weighted by atomic mass is 35.5. The first-order chi connectivity index (χ1) is 11.9. The fourth-order valence-electron chi connectivity index (χ4n) is 1.81. The first-order valence-corrected chi connectivity index (χ1v) is 8.69. The number of hydrogen-bond donors (Lipinski definition) is 2. The third-order valence-corrected chi connectivity index (χ3v) is 4.38. The molecule has 1 amide bonds. The molecule has 1 aromatic carbocycles. The number of anilines is 2. The molecule has 0 saturated carbocycles. The Balaban J connectivity index is 2.03. The van der Waals surface area contributed by atoms with E-state index in [1.165, 1.54) is 6.20 Å². The zero-order valence-corrected chi connectivity index (χ0v) is 15.2. The number of halogens is 1. The topological polar surface area (TPSA) is 107 Å². The molecule has 1 heterocycles. The van der Waals surface area contributed by atoms with Crippen molar-refractivity contribution in [3.05, 3.63) is 41.0 Å². The summed E-state index contributed by atoms with van der Waals surface area (Å²) in [4.78, 5) is 32.0. The number of aromatic nitrogens is 2. The second-order valence-corrected chi connectivity index (χ2v) is 6.62. The average Bonchev–Trinajstić information content (AvgIpc) is 2.57. The average molecular weight is 381 g/mol. The van der Waals surface area contributed by atoms with Gasteiger partial charge in [-0.15, -0.1) is 0 Å². The molecular formula is C16H17ClN4O3S. The molecule has 132 valence electrons. The molecule has 0 spiro atoms. The van der Waals surface area contributed by atoms with Crippen LogP contribution in [0, 0.1) is 0 Å². The Labute approximate surface area is 154 Å². The number of thioether (sulfide) groups is 1. The quantitative estimate of drug-likeness (QED) is 0.450. The van der Waals surface area contributed by atoms with Crippen LogP contribution < -0.4 is 11.1 Å². The summed E-state index contributed by atoms with van der Waals surface area (Å²) in [5.41, 5.74) is 6.39. The van der Waals surface area contributed by atoms with Crippen LogP contribution in [0.15, 0.2) is 35.6 Å². The molecule has 2 aromatic rings. The Hall–Kier alpha value is -2.32. The van der Waals surface area contributed by atoms with Crippen LogP contribution in [0.1, 0.15) is 24.2 Å². The van der Waals surface area contributed by atoms with E-state index in [1.807, 2.05) is 0 Å². The number of ether oxygens (including phenoxy) is 1. The summed E-state index contributed by atoms with van der Waals surface area (Å²) in [6, 6.07) is 6.95. The Kier molecular flexibility index (Phi) is 6.60. The van der Waals surface area contributed by atoms with Gasteiger partial charge in [-0.05, 0) is 26.0 Å². The van der Waals surface area contributed by atoms with Crippen molar-refractivity contribution in [3.8, 4) is 0 Å². The van der Waals surface area contributed by atoms with Crippen LogP contribution in [0.2, 0.25) is 5.02 Å². The third kappa shape index (κ3) is 5.07. The van der Waals surface area contributed by atoms with E-state index in [9.17, 15) is 9.59 Å². The molecule has 3 N–H and O–H groups in total. The highest BCUT2D eigenvalue weighted by Crippen LogP contribution is 2.25. The Morgan fingerprint density at radius 3 is 2.76 bits per heavy atom. The fraction of sp³-hybridized carbons (Fsp3) is 0.250. The molecule has 2 rings (SSSR count). The van der Waals surface area contributed by atoms with Crippen molar-refractivity contribution in [2.75, 3.05) is 17.7 Å². The van der Waals surface area contributed by atoms with Crippen molar-refractivity contribution in [2.45, 2.75) is 24.3 Å². The lowest BCUT2D eigenvalue weighted by molar-refractivity contribution is -0.115. The highest BCUT2D eigenvalue weighted by Gasteiger charge is 2.19. The van der Waals surface area contributed by atoms with E-state index in [4.69, 9.17) is 22.1 Å². The van der Waals surface area contributed by atoms with E-state index in [0.717, 1.165) is 11.8 Å². The van der Waals surface area contributed by atoms with Gasteiger partial charge in [0.15, 0.2) is 5.16 Å². The number of nitrogens with one attached hydrogen (secondary N) is 1. The zero-order valence-electron chi connectivity index (χ0n) is 13.7. The number of carbonyl (C=O) groups is 2. The Morgan fingerprint density at radius 1 is 1.40 bits per heavy atom. The maximum Gasteiger partial charge on any atom is 0.343 e. The maximum absolute atomic E-state index is 12.3. The minimum Gasteiger partial charge on any atom is -0.462 e. The number of para-hydroxylation sites is 1. The van der Waals surface area contributed by atoms with E-state index in [2.05, 4.69) is 15.3 Å². The van der Waals surface area contributed by atoms with Crippen molar-refractivity contribution in [2.24, 2.45) is 0 Å². The van der Waals surface area contributed by atoms with Gasteiger partial charge in [0.2, 0.25) is 5.91 Å². The predicted molar refractivity (Wildman–Crippen MR) is 97.8 cm³/mol. The first kappa shape index (κ1) is 19.0. The van der Waals surface area contributed by atoms with E-state index >= 15 is 0 Å². The largest absolute Gasteiger partial charge is 0.462 e. The van der Waals surface area contributed by atoms with Crippen LogP contribution >= 0.6 is 23.4 Å². The molecule has 25 heavy (non-hydrogen) atoms. The molecule has 0 aliphatic rings. The number of rotatable bonds is 6. The van der Waals surface area contributed by atoms with Crippen molar-refractivity contribution < 1.29 is 14.3 Å². The molecule has 1 aromatic heterocycles. The zero-order chi connectivity index (χ0) is 18.4. The number of amides is 1. The van der Waals surface area contributed by atoms with Gasteiger partial charge in [0.25, 0.3) is 0 Å². The lowest BCUT2D eigenvalue weighted by atomic mass is 10.3. The van der Waals surface area contributed by atoms with Crippen molar-refractivity contribution in [3.63, 3.8) is 0 Å². The normalized spacial score (nSPS) is 11.6. The van der Waals surface area contributed by atoms with Crippen LogP contribution in [0.25, 0.3) is 0 Å². The molecule has 7 nitrogen and oxygen atoms in total. The molecule has 1 unspecified atom stereocenters. The summed E-state index contributed by atoms with van der Waals surface area (Å²) in [6.07, 6.45) is 1.29. The molecule has 0 radical (unpaired) electrons. The lowest BCUT2D eigenvalue weighted by Gasteiger charge is -2.12. The summed E-state index contributed by atoms with van der Waals surface area (Å²) < 4.78 is 4.86. The molecular weight excluding hydrogens is 364 g/mol. The standard InChI is InChI=1S/C16H17ClN4O3S/c1-3-24-15(23)10-8-19-16(21-13(10)18)25-9(2)14(22)20-12-7-5-4-6-11(12)17/h4-9H,3H2,1-2H3,(H,20,22)(H2,18,19,21). The lowest BCUT2D eigenvalue weighted by Crippen LogP contribution is -2.23. The van der Waals surface area contributed by atoms with Crippen LogP contribution in [0.4, 0.5) is 11.5 Å². The van der Waals surface area contributed by atoms with Crippen LogP contribution in [-0.4, -0.2) is 33.7 Å². The van der Waals surface area contributed by atoms with E-state index < -0.39 is 11.2 Å². The summed E-state index contributed by atoms with van der Waals surface area (Å²) in [5, 5.41) is 2.98. The van der Waals surface area contributed by atoms with Crippen molar-refractivity contribution in [1.29, 1.82) is 0 Å². The fourth-order valence-corrected chi connectivity index (χ4v) is 2.74. The second-order valence-electron chi connectivity index (χ2n) is 4.90.